The third kappa shape index (κ3) is 2.94. The Labute approximate surface area is 137 Å². The summed E-state index contributed by atoms with van der Waals surface area (Å²) in [6.07, 6.45) is 5.41. The highest BCUT2D eigenvalue weighted by Gasteiger charge is 2.30. The number of rotatable bonds is 3. The highest BCUT2D eigenvalue weighted by molar-refractivity contribution is 5.74. The number of nitrogens with zero attached hydrogens (tertiary/aromatic N) is 1. The molecule has 1 unspecified atom stereocenters. The molecular weight excluding hydrogens is 290 g/mol. The van der Waals surface area contributed by atoms with Gasteiger partial charge in [0.25, 0.3) is 0 Å². The maximum Gasteiger partial charge on any atom is 0.149 e. The summed E-state index contributed by atoms with van der Waals surface area (Å²) in [4.78, 5) is 2.38. The number of ether oxygens (including phenoxy) is 3. The molecule has 0 aromatic heterocycles. The maximum atomic E-state index is 6.16. The van der Waals surface area contributed by atoms with Crippen LogP contribution in [-0.4, -0.2) is 50.2 Å². The quantitative estimate of drug-likeness (QED) is 0.858. The molecule has 1 saturated heterocycles. The minimum atomic E-state index is -0.0208. The van der Waals surface area contributed by atoms with Gasteiger partial charge in [0.15, 0.2) is 0 Å². The Morgan fingerprint density at radius 3 is 3.04 bits per heavy atom. The van der Waals surface area contributed by atoms with Crippen molar-refractivity contribution in [2.75, 3.05) is 33.0 Å². The summed E-state index contributed by atoms with van der Waals surface area (Å²) in [6.45, 7) is 5.71. The first-order chi connectivity index (χ1) is 11.3. The fourth-order valence-corrected chi connectivity index (χ4v) is 3.56. The minimum Gasteiger partial charge on any atom is -0.376 e. The van der Waals surface area contributed by atoms with E-state index in [1.165, 1.54) is 22.4 Å². The SMILES string of the molecule is CC1=C2c3ccccc3CCN2C(OC[C@@H]2COCCO2)C=C1. The zero-order chi connectivity index (χ0) is 15.6. The minimum absolute atomic E-state index is 0.0208. The van der Waals surface area contributed by atoms with E-state index in [2.05, 4.69) is 48.2 Å². The Bertz CT molecular complexity index is 631. The van der Waals surface area contributed by atoms with E-state index < -0.39 is 0 Å². The molecule has 0 N–H and O–H groups in total. The fourth-order valence-electron chi connectivity index (χ4n) is 3.56. The van der Waals surface area contributed by atoms with Crippen LogP contribution >= 0.6 is 0 Å². The van der Waals surface area contributed by atoms with Crippen LogP contribution in [-0.2, 0) is 20.6 Å². The summed E-state index contributed by atoms with van der Waals surface area (Å²) in [5, 5.41) is 0. The van der Waals surface area contributed by atoms with Crippen LogP contribution in [0.15, 0.2) is 42.0 Å². The van der Waals surface area contributed by atoms with Crippen LogP contribution in [0, 0.1) is 0 Å². The molecule has 23 heavy (non-hydrogen) atoms. The van der Waals surface area contributed by atoms with Gasteiger partial charge in [-0.3, -0.25) is 0 Å². The molecule has 4 nitrogen and oxygen atoms in total. The molecule has 0 aliphatic carbocycles. The van der Waals surface area contributed by atoms with Gasteiger partial charge >= 0.3 is 0 Å². The lowest BCUT2D eigenvalue weighted by molar-refractivity contribution is -0.132. The van der Waals surface area contributed by atoms with Gasteiger partial charge in [0.1, 0.15) is 12.3 Å². The predicted molar refractivity (Wildman–Crippen MR) is 88.9 cm³/mol. The Hall–Kier alpha value is -1.62. The molecule has 0 saturated carbocycles. The van der Waals surface area contributed by atoms with Gasteiger partial charge < -0.3 is 19.1 Å². The first-order valence-electron chi connectivity index (χ1n) is 8.38. The zero-order valence-corrected chi connectivity index (χ0v) is 13.5. The van der Waals surface area contributed by atoms with Gasteiger partial charge in [-0.25, -0.2) is 0 Å². The van der Waals surface area contributed by atoms with E-state index in [-0.39, 0.29) is 12.3 Å². The third-order valence-electron chi connectivity index (χ3n) is 4.71. The monoisotopic (exact) mass is 313 g/mol. The van der Waals surface area contributed by atoms with Gasteiger partial charge in [0.05, 0.1) is 26.4 Å². The van der Waals surface area contributed by atoms with Crippen molar-refractivity contribution in [2.45, 2.75) is 25.7 Å². The second-order valence-corrected chi connectivity index (χ2v) is 6.28. The van der Waals surface area contributed by atoms with E-state index in [0.29, 0.717) is 26.4 Å². The van der Waals surface area contributed by atoms with E-state index in [1.807, 2.05) is 0 Å². The Balaban J connectivity index is 1.51. The van der Waals surface area contributed by atoms with Crippen molar-refractivity contribution < 1.29 is 14.2 Å². The maximum absolute atomic E-state index is 6.16. The summed E-state index contributed by atoms with van der Waals surface area (Å²) < 4.78 is 17.3. The molecule has 0 spiro atoms. The summed E-state index contributed by atoms with van der Waals surface area (Å²) in [5.41, 5.74) is 5.37. The first kappa shape index (κ1) is 14.9. The zero-order valence-electron chi connectivity index (χ0n) is 13.5. The number of allylic oxidation sites excluding steroid dienone is 2. The molecular formula is C19H23NO3. The molecule has 1 fully saturated rings. The molecule has 122 valence electrons. The lowest BCUT2D eigenvalue weighted by Gasteiger charge is -2.41. The van der Waals surface area contributed by atoms with E-state index in [1.54, 1.807) is 0 Å². The van der Waals surface area contributed by atoms with Crippen LogP contribution in [0.5, 0.6) is 0 Å². The summed E-state index contributed by atoms with van der Waals surface area (Å²) in [7, 11) is 0. The standard InChI is InChI=1S/C19H23NO3/c1-14-6-7-18(23-13-16-12-21-10-11-22-16)20-9-8-15-4-2-3-5-17(15)19(14)20/h2-7,16,18H,8-13H2,1H3/t16-,18?/m0/s1. The van der Waals surface area contributed by atoms with Crippen molar-refractivity contribution in [1.29, 1.82) is 0 Å². The lowest BCUT2D eigenvalue weighted by Crippen LogP contribution is -2.43. The van der Waals surface area contributed by atoms with Crippen LogP contribution in [0.2, 0.25) is 0 Å². The average Bonchev–Trinajstić information content (AvgIpc) is 2.61. The van der Waals surface area contributed by atoms with Crippen molar-refractivity contribution in [2.24, 2.45) is 0 Å². The summed E-state index contributed by atoms with van der Waals surface area (Å²) in [5.74, 6) is 0. The molecule has 4 rings (SSSR count). The number of benzene rings is 1. The Morgan fingerprint density at radius 2 is 2.17 bits per heavy atom. The van der Waals surface area contributed by atoms with Crippen LogP contribution in [0.25, 0.3) is 5.70 Å². The topological polar surface area (TPSA) is 30.9 Å². The second-order valence-electron chi connectivity index (χ2n) is 6.28. The highest BCUT2D eigenvalue weighted by Crippen LogP contribution is 2.36. The average molecular weight is 313 g/mol. The van der Waals surface area contributed by atoms with Crippen LogP contribution < -0.4 is 0 Å². The van der Waals surface area contributed by atoms with Crippen LogP contribution in [0.3, 0.4) is 0 Å². The van der Waals surface area contributed by atoms with Crippen LogP contribution in [0.4, 0.5) is 0 Å². The second kappa shape index (κ2) is 6.48. The third-order valence-corrected chi connectivity index (χ3v) is 4.71. The molecule has 4 heteroatoms. The van der Waals surface area contributed by atoms with E-state index in [9.17, 15) is 0 Å². The van der Waals surface area contributed by atoms with Crippen molar-refractivity contribution in [1.82, 2.24) is 4.90 Å². The fraction of sp³-hybridized carbons (Fsp3) is 0.474. The molecule has 2 atom stereocenters. The molecule has 0 amide bonds. The Kier molecular flexibility index (Phi) is 4.21. The number of hydrogen-bond donors (Lipinski definition) is 0. The van der Waals surface area contributed by atoms with Gasteiger partial charge in [0.2, 0.25) is 0 Å². The van der Waals surface area contributed by atoms with Gasteiger partial charge in [-0.15, -0.1) is 0 Å². The normalized spacial score (nSPS) is 26.9. The largest absolute Gasteiger partial charge is 0.376 e. The van der Waals surface area contributed by atoms with Crippen molar-refractivity contribution in [3.63, 3.8) is 0 Å². The Morgan fingerprint density at radius 1 is 1.26 bits per heavy atom. The molecule has 0 bridgehead atoms. The molecule has 3 heterocycles. The van der Waals surface area contributed by atoms with Gasteiger partial charge in [-0.05, 0) is 30.6 Å². The van der Waals surface area contributed by atoms with E-state index >= 15 is 0 Å². The smallest absolute Gasteiger partial charge is 0.149 e. The van der Waals surface area contributed by atoms with Crippen molar-refractivity contribution >= 4 is 5.70 Å². The predicted octanol–water partition coefficient (Wildman–Crippen LogP) is 2.60. The van der Waals surface area contributed by atoms with E-state index in [4.69, 9.17) is 14.2 Å². The van der Waals surface area contributed by atoms with Gasteiger partial charge in [-0.2, -0.15) is 0 Å². The van der Waals surface area contributed by atoms with Gasteiger partial charge in [-0.1, -0.05) is 30.3 Å². The van der Waals surface area contributed by atoms with E-state index in [0.717, 1.165) is 13.0 Å². The van der Waals surface area contributed by atoms with Crippen molar-refractivity contribution in [3.8, 4) is 0 Å². The molecule has 3 aliphatic rings. The molecule has 1 aromatic carbocycles. The number of hydrogen-bond acceptors (Lipinski definition) is 4. The molecule has 1 aromatic rings. The summed E-state index contributed by atoms with van der Waals surface area (Å²) in [6, 6.07) is 8.68. The van der Waals surface area contributed by atoms with Crippen LogP contribution in [0.1, 0.15) is 18.1 Å². The lowest BCUT2D eigenvalue weighted by atomic mass is 9.92. The number of fused-ring (bicyclic) bond motifs is 3. The first-order valence-corrected chi connectivity index (χ1v) is 8.38. The van der Waals surface area contributed by atoms with Gasteiger partial charge in [0, 0.05) is 17.8 Å². The highest BCUT2D eigenvalue weighted by atomic mass is 16.6. The molecule has 0 radical (unpaired) electrons. The van der Waals surface area contributed by atoms with Crippen molar-refractivity contribution in [3.05, 3.63) is 53.1 Å². The summed E-state index contributed by atoms with van der Waals surface area (Å²) >= 11 is 0. The molecule has 3 aliphatic heterocycles.